The summed E-state index contributed by atoms with van der Waals surface area (Å²) in [4.78, 5) is 11.2. The molecule has 0 bridgehead atoms. The molecule has 0 aliphatic heterocycles. The molecule has 17 heavy (non-hydrogen) atoms. The molecule has 0 amide bonds. The molecule has 0 fully saturated rings. The number of anilines is 1. The predicted molar refractivity (Wildman–Crippen MR) is 53.3 cm³/mol. The highest BCUT2D eigenvalue weighted by atomic mass is 35.7. The first-order valence-electron chi connectivity index (χ1n) is 3.81. The molecule has 0 saturated heterocycles. The van der Waals surface area contributed by atoms with E-state index in [1.54, 1.807) is 0 Å². The maximum atomic E-state index is 12.5. The van der Waals surface area contributed by atoms with Gasteiger partial charge in [-0.05, 0) is 0 Å². The predicted octanol–water partition coefficient (Wildman–Crippen LogP) is 1.44. The Bertz CT molecular complexity index is 577. The van der Waals surface area contributed by atoms with Crippen LogP contribution in [0.5, 0.6) is 0 Å². The second kappa shape index (κ2) is 4.37. The van der Waals surface area contributed by atoms with Crippen molar-refractivity contribution in [2.24, 2.45) is 0 Å². The Morgan fingerprint density at radius 1 is 1.53 bits per heavy atom. The summed E-state index contributed by atoms with van der Waals surface area (Å²) >= 11 is 0. The summed E-state index contributed by atoms with van der Waals surface area (Å²) < 4.78 is 47.0. The third kappa shape index (κ3) is 2.58. The van der Waals surface area contributed by atoms with Crippen molar-refractivity contribution in [3.63, 3.8) is 0 Å². The van der Waals surface area contributed by atoms with E-state index in [2.05, 4.69) is 4.98 Å². The standard InChI is InChI=1S/C6H4ClF2N3O4S/c7-17(15,16)4-3(12(13)14)2(5(8)9)1-11-6(4)10/h1,5H,(H2,10,11). The van der Waals surface area contributed by atoms with Crippen molar-refractivity contribution >= 4 is 31.2 Å². The molecular formula is C6H4ClF2N3O4S. The Morgan fingerprint density at radius 3 is 2.41 bits per heavy atom. The maximum Gasteiger partial charge on any atom is 0.303 e. The first-order valence-corrected chi connectivity index (χ1v) is 6.12. The average molecular weight is 288 g/mol. The Hall–Kier alpha value is -1.55. The molecule has 0 radical (unpaired) electrons. The number of rotatable bonds is 3. The smallest absolute Gasteiger partial charge is 0.303 e. The lowest BCUT2D eigenvalue weighted by atomic mass is 10.2. The summed E-state index contributed by atoms with van der Waals surface area (Å²) in [7, 11) is 0.237. The van der Waals surface area contributed by atoms with Crippen LogP contribution >= 0.6 is 10.7 Å². The van der Waals surface area contributed by atoms with E-state index < -0.39 is 42.4 Å². The number of aromatic nitrogens is 1. The number of nitrogens with zero attached hydrogens (tertiary/aromatic N) is 2. The minimum Gasteiger partial charge on any atom is -0.382 e. The molecular weight excluding hydrogens is 284 g/mol. The average Bonchev–Trinajstić information content (AvgIpc) is 2.14. The molecule has 0 spiro atoms. The number of hydrogen-bond acceptors (Lipinski definition) is 6. The highest BCUT2D eigenvalue weighted by Crippen LogP contribution is 2.37. The van der Waals surface area contributed by atoms with Crippen molar-refractivity contribution in [2.45, 2.75) is 11.3 Å². The Labute approximate surface area is 97.8 Å². The molecule has 1 aromatic heterocycles. The van der Waals surface area contributed by atoms with Crippen molar-refractivity contribution in [3.8, 4) is 0 Å². The van der Waals surface area contributed by atoms with Crippen molar-refractivity contribution in [2.75, 3.05) is 5.73 Å². The largest absolute Gasteiger partial charge is 0.382 e. The fraction of sp³-hybridized carbons (Fsp3) is 0.167. The van der Waals surface area contributed by atoms with E-state index in [4.69, 9.17) is 16.4 Å². The molecule has 1 heterocycles. The summed E-state index contributed by atoms with van der Waals surface area (Å²) in [5, 5.41) is 10.6. The minimum atomic E-state index is -4.66. The van der Waals surface area contributed by atoms with E-state index in [9.17, 15) is 27.3 Å². The van der Waals surface area contributed by atoms with Gasteiger partial charge in [0.2, 0.25) is 4.90 Å². The monoisotopic (exact) mass is 287 g/mol. The zero-order valence-corrected chi connectivity index (χ0v) is 9.37. The van der Waals surface area contributed by atoms with Gasteiger partial charge in [-0.1, -0.05) is 0 Å². The zero-order chi connectivity index (χ0) is 13.4. The number of nitro groups is 1. The molecule has 1 rings (SSSR count). The summed E-state index contributed by atoms with van der Waals surface area (Å²) in [5.74, 6) is -0.809. The summed E-state index contributed by atoms with van der Waals surface area (Å²) in [6, 6.07) is 0. The van der Waals surface area contributed by atoms with Crippen LogP contribution in [-0.2, 0) is 9.05 Å². The molecule has 7 nitrogen and oxygen atoms in total. The van der Waals surface area contributed by atoms with E-state index >= 15 is 0 Å². The molecule has 0 atom stereocenters. The first kappa shape index (κ1) is 13.5. The van der Waals surface area contributed by atoms with Crippen LogP contribution in [-0.4, -0.2) is 18.3 Å². The van der Waals surface area contributed by atoms with Gasteiger partial charge in [0.15, 0.2) is 5.82 Å². The number of nitrogens with two attached hydrogens (primary N) is 1. The highest BCUT2D eigenvalue weighted by molar-refractivity contribution is 8.14. The second-order valence-electron chi connectivity index (χ2n) is 2.77. The van der Waals surface area contributed by atoms with Gasteiger partial charge in [0, 0.05) is 16.9 Å². The number of nitrogen functional groups attached to an aromatic ring is 1. The molecule has 2 N–H and O–H groups in total. The zero-order valence-electron chi connectivity index (χ0n) is 7.80. The highest BCUT2D eigenvalue weighted by Gasteiger charge is 2.34. The van der Waals surface area contributed by atoms with Gasteiger partial charge in [-0.3, -0.25) is 10.1 Å². The van der Waals surface area contributed by atoms with Gasteiger partial charge in [-0.15, -0.1) is 0 Å². The summed E-state index contributed by atoms with van der Waals surface area (Å²) in [6.07, 6.45) is -2.84. The Balaban J connectivity index is 3.80. The summed E-state index contributed by atoms with van der Waals surface area (Å²) in [6.45, 7) is 0. The fourth-order valence-corrected chi connectivity index (χ4v) is 2.28. The molecule has 94 valence electrons. The lowest BCUT2D eigenvalue weighted by molar-refractivity contribution is -0.389. The number of hydrogen-bond donors (Lipinski definition) is 1. The Morgan fingerprint density at radius 2 is 2.06 bits per heavy atom. The quantitative estimate of drug-likeness (QED) is 0.511. The van der Waals surface area contributed by atoms with Crippen molar-refractivity contribution in [1.29, 1.82) is 0 Å². The lowest BCUT2D eigenvalue weighted by Gasteiger charge is -2.06. The van der Waals surface area contributed by atoms with Crippen molar-refractivity contribution in [1.82, 2.24) is 4.98 Å². The molecule has 0 aliphatic rings. The second-order valence-corrected chi connectivity index (χ2v) is 5.27. The van der Waals surface area contributed by atoms with Crippen LogP contribution in [0, 0.1) is 10.1 Å². The topological polar surface area (TPSA) is 116 Å². The van der Waals surface area contributed by atoms with E-state index in [-0.39, 0.29) is 0 Å². The maximum absolute atomic E-state index is 12.5. The van der Waals surface area contributed by atoms with Crippen molar-refractivity contribution in [3.05, 3.63) is 21.9 Å². The van der Waals surface area contributed by atoms with E-state index in [1.807, 2.05) is 0 Å². The molecule has 0 saturated carbocycles. The Kier molecular flexibility index (Phi) is 3.48. The van der Waals surface area contributed by atoms with Gasteiger partial charge in [0.1, 0.15) is 5.56 Å². The van der Waals surface area contributed by atoms with Crippen LogP contribution < -0.4 is 5.73 Å². The van der Waals surface area contributed by atoms with E-state index in [0.717, 1.165) is 0 Å². The SMILES string of the molecule is Nc1ncc(C(F)F)c([N+](=O)[O-])c1S(=O)(=O)Cl. The van der Waals surface area contributed by atoms with Crippen LogP contribution in [0.1, 0.15) is 12.0 Å². The number of halogens is 3. The number of alkyl halides is 2. The van der Waals surface area contributed by atoms with Crippen LogP contribution in [0.3, 0.4) is 0 Å². The van der Waals surface area contributed by atoms with Gasteiger partial charge in [0.05, 0.1) is 4.92 Å². The van der Waals surface area contributed by atoms with Crippen molar-refractivity contribution < 1.29 is 22.1 Å². The first-order chi connectivity index (χ1) is 7.66. The van der Waals surface area contributed by atoms with Gasteiger partial charge in [-0.2, -0.15) is 0 Å². The van der Waals surface area contributed by atoms with Crippen LogP contribution in [0.25, 0.3) is 0 Å². The van der Waals surface area contributed by atoms with Crippen LogP contribution in [0.2, 0.25) is 0 Å². The lowest BCUT2D eigenvalue weighted by Crippen LogP contribution is -2.08. The molecule has 0 unspecified atom stereocenters. The summed E-state index contributed by atoms with van der Waals surface area (Å²) in [5.41, 5.74) is 2.57. The normalized spacial score (nSPS) is 11.8. The van der Waals surface area contributed by atoms with E-state index in [1.165, 1.54) is 0 Å². The fourth-order valence-electron chi connectivity index (χ4n) is 1.10. The third-order valence-electron chi connectivity index (χ3n) is 1.73. The van der Waals surface area contributed by atoms with Crippen LogP contribution in [0.15, 0.2) is 11.1 Å². The van der Waals surface area contributed by atoms with Gasteiger partial charge < -0.3 is 5.73 Å². The molecule has 1 aromatic rings. The minimum absolute atomic E-state index is 0.434. The van der Waals surface area contributed by atoms with Gasteiger partial charge >= 0.3 is 5.69 Å². The molecule has 11 heteroatoms. The third-order valence-corrected chi connectivity index (χ3v) is 3.08. The molecule has 0 aliphatic carbocycles. The molecule has 0 aromatic carbocycles. The van der Waals surface area contributed by atoms with Gasteiger partial charge in [-0.25, -0.2) is 22.2 Å². The van der Waals surface area contributed by atoms with Crippen LogP contribution in [0.4, 0.5) is 20.3 Å². The van der Waals surface area contributed by atoms with E-state index in [0.29, 0.717) is 6.20 Å². The van der Waals surface area contributed by atoms with Gasteiger partial charge in [0.25, 0.3) is 15.5 Å². The number of pyridine rings is 1.